The Labute approximate surface area is 120 Å². The maximum atomic E-state index is 11.0. The monoisotopic (exact) mass is 280 g/mol. The van der Waals surface area contributed by atoms with Crippen molar-refractivity contribution in [1.29, 1.82) is 0 Å². The van der Waals surface area contributed by atoms with E-state index >= 15 is 0 Å². The Bertz CT molecular complexity index is 831. The SMILES string of the molecule is O=C(O)c1ccnc(Cc2ccc3ncc(O)cc3c2)c1. The van der Waals surface area contributed by atoms with Crippen LogP contribution in [0.15, 0.2) is 48.8 Å². The highest BCUT2D eigenvalue weighted by molar-refractivity contribution is 5.87. The van der Waals surface area contributed by atoms with Gasteiger partial charge in [-0.1, -0.05) is 6.07 Å². The van der Waals surface area contributed by atoms with Crippen molar-refractivity contribution in [3.8, 4) is 5.75 Å². The molecule has 0 aliphatic rings. The summed E-state index contributed by atoms with van der Waals surface area (Å²) in [6.07, 6.45) is 3.42. The van der Waals surface area contributed by atoms with E-state index in [1.807, 2.05) is 18.2 Å². The minimum Gasteiger partial charge on any atom is -0.506 e. The number of pyridine rings is 2. The summed E-state index contributed by atoms with van der Waals surface area (Å²) in [5.41, 5.74) is 2.68. The van der Waals surface area contributed by atoms with Crippen LogP contribution in [-0.2, 0) is 6.42 Å². The first kappa shape index (κ1) is 13.1. The average molecular weight is 280 g/mol. The predicted octanol–water partition coefficient (Wildman–Crippen LogP) is 2.62. The van der Waals surface area contributed by atoms with E-state index in [0.717, 1.165) is 16.5 Å². The minimum atomic E-state index is -0.966. The minimum absolute atomic E-state index is 0.116. The summed E-state index contributed by atoms with van der Waals surface area (Å²) in [4.78, 5) is 19.3. The Balaban J connectivity index is 1.94. The van der Waals surface area contributed by atoms with E-state index < -0.39 is 5.97 Å². The number of hydrogen-bond acceptors (Lipinski definition) is 4. The molecule has 104 valence electrons. The largest absolute Gasteiger partial charge is 0.506 e. The summed E-state index contributed by atoms with van der Waals surface area (Å²) in [6, 6.07) is 10.4. The molecule has 0 bridgehead atoms. The fraction of sp³-hybridized carbons (Fsp3) is 0.0625. The maximum absolute atomic E-state index is 11.0. The Morgan fingerprint density at radius 2 is 1.95 bits per heavy atom. The van der Waals surface area contributed by atoms with Crippen molar-refractivity contribution >= 4 is 16.9 Å². The molecule has 1 aromatic carbocycles. The summed E-state index contributed by atoms with van der Waals surface area (Å²) in [5.74, 6) is -0.850. The van der Waals surface area contributed by atoms with Gasteiger partial charge in [-0.2, -0.15) is 0 Å². The molecule has 0 saturated carbocycles. The van der Waals surface area contributed by atoms with E-state index in [2.05, 4.69) is 9.97 Å². The molecule has 5 heteroatoms. The summed E-state index contributed by atoms with van der Waals surface area (Å²) in [6.45, 7) is 0. The second-order valence-corrected chi connectivity index (χ2v) is 4.74. The molecule has 21 heavy (non-hydrogen) atoms. The normalized spacial score (nSPS) is 10.7. The number of benzene rings is 1. The number of rotatable bonds is 3. The molecule has 0 spiro atoms. The number of nitrogens with zero attached hydrogens (tertiary/aromatic N) is 2. The summed E-state index contributed by atoms with van der Waals surface area (Å²) < 4.78 is 0. The van der Waals surface area contributed by atoms with Crippen molar-refractivity contribution < 1.29 is 15.0 Å². The molecule has 0 atom stereocenters. The zero-order chi connectivity index (χ0) is 14.8. The molecule has 0 aliphatic carbocycles. The van der Waals surface area contributed by atoms with Crippen LogP contribution >= 0.6 is 0 Å². The fourth-order valence-electron chi connectivity index (χ4n) is 2.20. The number of carboxylic acid groups (broad SMARTS) is 1. The lowest BCUT2D eigenvalue weighted by molar-refractivity contribution is 0.0696. The van der Waals surface area contributed by atoms with Crippen LogP contribution in [0.3, 0.4) is 0 Å². The maximum Gasteiger partial charge on any atom is 0.335 e. The van der Waals surface area contributed by atoms with Gasteiger partial charge in [-0.25, -0.2) is 4.79 Å². The van der Waals surface area contributed by atoms with Crippen molar-refractivity contribution in [3.05, 3.63) is 65.6 Å². The Kier molecular flexibility index (Phi) is 3.23. The highest BCUT2D eigenvalue weighted by Crippen LogP contribution is 2.20. The van der Waals surface area contributed by atoms with Gasteiger partial charge in [0.25, 0.3) is 0 Å². The predicted molar refractivity (Wildman–Crippen MR) is 77.4 cm³/mol. The summed E-state index contributed by atoms with van der Waals surface area (Å²) >= 11 is 0. The molecular formula is C16H12N2O3. The van der Waals surface area contributed by atoms with E-state index in [0.29, 0.717) is 12.1 Å². The molecule has 0 saturated heterocycles. The second kappa shape index (κ2) is 5.20. The number of carboxylic acids is 1. The summed E-state index contributed by atoms with van der Waals surface area (Å²) in [5, 5.41) is 19.3. The molecule has 3 rings (SSSR count). The van der Waals surface area contributed by atoms with Gasteiger partial charge in [-0.3, -0.25) is 9.97 Å². The first-order chi connectivity index (χ1) is 10.1. The second-order valence-electron chi connectivity index (χ2n) is 4.74. The zero-order valence-electron chi connectivity index (χ0n) is 11.0. The molecule has 0 amide bonds. The molecule has 0 aliphatic heterocycles. The van der Waals surface area contributed by atoms with Gasteiger partial charge >= 0.3 is 5.97 Å². The topological polar surface area (TPSA) is 83.3 Å². The van der Waals surface area contributed by atoms with E-state index in [-0.39, 0.29) is 11.3 Å². The highest BCUT2D eigenvalue weighted by atomic mass is 16.4. The lowest BCUT2D eigenvalue weighted by Crippen LogP contribution is -2.00. The van der Waals surface area contributed by atoms with Crippen LogP contribution < -0.4 is 0 Å². The van der Waals surface area contributed by atoms with Crippen molar-refractivity contribution in [3.63, 3.8) is 0 Å². The number of hydrogen-bond donors (Lipinski definition) is 2. The highest BCUT2D eigenvalue weighted by Gasteiger charge is 2.06. The van der Waals surface area contributed by atoms with Gasteiger partial charge in [0.05, 0.1) is 17.3 Å². The lowest BCUT2D eigenvalue weighted by atomic mass is 10.1. The van der Waals surface area contributed by atoms with Crippen LogP contribution in [0.25, 0.3) is 10.9 Å². The van der Waals surface area contributed by atoms with Crippen LogP contribution in [0.5, 0.6) is 5.75 Å². The third-order valence-corrected chi connectivity index (χ3v) is 3.18. The van der Waals surface area contributed by atoms with E-state index in [1.54, 1.807) is 12.1 Å². The third kappa shape index (κ3) is 2.81. The molecule has 0 unspecified atom stereocenters. The number of aromatic nitrogens is 2. The van der Waals surface area contributed by atoms with E-state index in [4.69, 9.17) is 5.11 Å². The molecule has 2 N–H and O–H groups in total. The molecule has 2 aromatic heterocycles. The van der Waals surface area contributed by atoms with Gasteiger partial charge in [-0.15, -0.1) is 0 Å². The van der Waals surface area contributed by atoms with Gasteiger partial charge in [0.2, 0.25) is 0 Å². The Hall–Kier alpha value is -2.95. The van der Waals surface area contributed by atoms with Crippen molar-refractivity contribution in [2.24, 2.45) is 0 Å². The van der Waals surface area contributed by atoms with Crippen LogP contribution in [0.2, 0.25) is 0 Å². The Morgan fingerprint density at radius 1 is 1.10 bits per heavy atom. The van der Waals surface area contributed by atoms with Gasteiger partial charge < -0.3 is 10.2 Å². The van der Waals surface area contributed by atoms with Gasteiger partial charge in [0, 0.05) is 23.7 Å². The zero-order valence-corrected chi connectivity index (χ0v) is 11.0. The fourth-order valence-corrected chi connectivity index (χ4v) is 2.20. The average Bonchev–Trinajstić information content (AvgIpc) is 2.47. The van der Waals surface area contributed by atoms with Gasteiger partial charge in [0.15, 0.2) is 0 Å². The standard InChI is InChI=1S/C16H12N2O3/c19-14-8-12-5-10(1-2-15(12)18-9-14)6-13-7-11(16(20)21)3-4-17-13/h1-5,7-9,19H,6H2,(H,20,21). The van der Waals surface area contributed by atoms with Gasteiger partial charge in [-0.05, 0) is 35.9 Å². The molecule has 2 heterocycles. The van der Waals surface area contributed by atoms with Crippen molar-refractivity contribution in [2.75, 3.05) is 0 Å². The summed E-state index contributed by atoms with van der Waals surface area (Å²) in [7, 11) is 0. The van der Waals surface area contributed by atoms with Crippen LogP contribution in [-0.4, -0.2) is 26.2 Å². The van der Waals surface area contributed by atoms with Gasteiger partial charge in [0.1, 0.15) is 5.75 Å². The number of aromatic hydroxyl groups is 1. The van der Waals surface area contributed by atoms with Crippen LogP contribution in [0.4, 0.5) is 0 Å². The third-order valence-electron chi connectivity index (χ3n) is 3.18. The van der Waals surface area contributed by atoms with Crippen LogP contribution in [0.1, 0.15) is 21.6 Å². The van der Waals surface area contributed by atoms with Crippen LogP contribution in [0, 0.1) is 0 Å². The van der Waals surface area contributed by atoms with Crippen molar-refractivity contribution in [1.82, 2.24) is 9.97 Å². The van der Waals surface area contributed by atoms with E-state index in [1.165, 1.54) is 18.5 Å². The molecular weight excluding hydrogens is 268 g/mol. The first-order valence-electron chi connectivity index (χ1n) is 6.38. The Morgan fingerprint density at radius 3 is 2.76 bits per heavy atom. The van der Waals surface area contributed by atoms with E-state index in [9.17, 15) is 9.90 Å². The number of carbonyl (C=O) groups is 1. The molecule has 0 fully saturated rings. The smallest absolute Gasteiger partial charge is 0.335 e. The number of fused-ring (bicyclic) bond motifs is 1. The molecule has 3 aromatic rings. The quantitative estimate of drug-likeness (QED) is 0.770. The number of aromatic carboxylic acids is 1. The molecule has 0 radical (unpaired) electrons. The van der Waals surface area contributed by atoms with Crippen molar-refractivity contribution in [2.45, 2.75) is 6.42 Å². The molecule has 5 nitrogen and oxygen atoms in total. The lowest BCUT2D eigenvalue weighted by Gasteiger charge is -2.04. The first-order valence-corrected chi connectivity index (χ1v) is 6.38.